The number of unbranched alkanes of at least 4 members (excludes halogenated alkanes) is 15. The van der Waals surface area contributed by atoms with Gasteiger partial charge in [-0.1, -0.05) is 128 Å². The van der Waals surface area contributed by atoms with E-state index in [-0.39, 0.29) is 17.4 Å². The first-order chi connectivity index (χ1) is 21.0. The van der Waals surface area contributed by atoms with Crippen LogP contribution in [0, 0.1) is 0 Å². The Morgan fingerprint density at radius 2 is 1.07 bits per heavy atom. The molecule has 0 unspecified atom stereocenters. The van der Waals surface area contributed by atoms with Crippen molar-refractivity contribution >= 4 is 35.7 Å². The van der Waals surface area contributed by atoms with Gasteiger partial charge in [0.05, 0.1) is 12.2 Å². The molecule has 0 spiro atoms. The standard InChI is InChI=1S/C37H51NO5/c1-2-3-4-5-6-7-8-9-10-11-12-13-14-15-16-17-30-43-36(40)29-23-32-20-18-31(19-21-32)22-28-35(39)38-34-26-24-33(25-27-34)37(41)42/h18-29H,2-17,30H2,1H3,(H,38,39)(H,41,42)/b28-22+,29-23+. The molecular formula is C37H51NO5. The van der Waals surface area contributed by atoms with Crippen LogP contribution in [0.15, 0.2) is 60.7 Å². The lowest BCUT2D eigenvalue weighted by atomic mass is 10.0. The van der Waals surface area contributed by atoms with Gasteiger partial charge in [0.1, 0.15) is 0 Å². The number of carboxylic acid groups (broad SMARTS) is 1. The van der Waals surface area contributed by atoms with E-state index in [1.807, 2.05) is 24.3 Å². The molecule has 234 valence electrons. The van der Waals surface area contributed by atoms with Crippen molar-refractivity contribution in [1.29, 1.82) is 0 Å². The van der Waals surface area contributed by atoms with Crippen molar-refractivity contribution < 1.29 is 24.2 Å². The van der Waals surface area contributed by atoms with Gasteiger partial charge in [-0.25, -0.2) is 9.59 Å². The second-order valence-electron chi connectivity index (χ2n) is 11.2. The Labute approximate surface area is 258 Å². The highest BCUT2D eigenvalue weighted by Gasteiger charge is 2.03. The molecule has 0 aliphatic carbocycles. The van der Waals surface area contributed by atoms with E-state index >= 15 is 0 Å². The zero-order valence-electron chi connectivity index (χ0n) is 26.0. The van der Waals surface area contributed by atoms with E-state index in [9.17, 15) is 14.4 Å². The summed E-state index contributed by atoms with van der Waals surface area (Å²) in [7, 11) is 0. The van der Waals surface area contributed by atoms with Crippen LogP contribution in [0.2, 0.25) is 0 Å². The zero-order valence-corrected chi connectivity index (χ0v) is 26.0. The van der Waals surface area contributed by atoms with Gasteiger partial charge >= 0.3 is 11.9 Å². The Bertz CT molecular complexity index is 1120. The van der Waals surface area contributed by atoms with Crippen LogP contribution in [0.5, 0.6) is 0 Å². The number of anilines is 1. The maximum Gasteiger partial charge on any atom is 0.335 e. The Morgan fingerprint density at radius 1 is 0.628 bits per heavy atom. The quantitative estimate of drug-likeness (QED) is 0.0764. The summed E-state index contributed by atoms with van der Waals surface area (Å²) in [6.07, 6.45) is 27.3. The number of rotatable bonds is 23. The summed E-state index contributed by atoms with van der Waals surface area (Å²) in [5, 5.41) is 11.6. The van der Waals surface area contributed by atoms with Gasteiger partial charge in [0, 0.05) is 17.8 Å². The molecule has 0 fully saturated rings. The Balaban J connectivity index is 1.48. The van der Waals surface area contributed by atoms with Crippen LogP contribution in [0.1, 0.15) is 131 Å². The van der Waals surface area contributed by atoms with Crippen molar-refractivity contribution in [2.75, 3.05) is 11.9 Å². The molecular weight excluding hydrogens is 538 g/mol. The molecule has 0 aliphatic rings. The monoisotopic (exact) mass is 589 g/mol. The number of amides is 1. The highest BCUT2D eigenvalue weighted by atomic mass is 16.5. The minimum absolute atomic E-state index is 0.159. The van der Waals surface area contributed by atoms with E-state index in [2.05, 4.69) is 12.2 Å². The number of hydrogen-bond acceptors (Lipinski definition) is 4. The van der Waals surface area contributed by atoms with Crippen LogP contribution < -0.4 is 5.32 Å². The second kappa shape index (κ2) is 22.9. The van der Waals surface area contributed by atoms with Crippen molar-refractivity contribution in [2.24, 2.45) is 0 Å². The summed E-state index contributed by atoms with van der Waals surface area (Å²) in [5.74, 6) is -1.67. The number of hydrogen-bond donors (Lipinski definition) is 2. The summed E-state index contributed by atoms with van der Waals surface area (Å²) < 4.78 is 5.33. The van der Waals surface area contributed by atoms with E-state index in [0.29, 0.717) is 12.3 Å². The molecule has 6 heteroatoms. The topological polar surface area (TPSA) is 92.7 Å². The van der Waals surface area contributed by atoms with Gasteiger partial charge in [0.2, 0.25) is 5.91 Å². The molecule has 0 saturated carbocycles. The van der Waals surface area contributed by atoms with Crippen molar-refractivity contribution in [2.45, 2.75) is 110 Å². The largest absolute Gasteiger partial charge is 0.478 e. The van der Waals surface area contributed by atoms with Crippen LogP contribution in [-0.4, -0.2) is 29.6 Å². The van der Waals surface area contributed by atoms with E-state index < -0.39 is 5.97 Å². The molecule has 0 aromatic heterocycles. The molecule has 6 nitrogen and oxygen atoms in total. The van der Waals surface area contributed by atoms with Gasteiger partial charge in [-0.2, -0.15) is 0 Å². The van der Waals surface area contributed by atoms with Crippen LogP contribution in [0.3, 0.4) is 0 Å². The first-order valence-corrected chi connectivity index (χ1v) is 16.2. The molecule has 0 bridgehead atoms. The lowest BCUT2D eigenvalue weighted by Gasteiger charge is -2.04. The minimum Gasteiger partial charge on any atom is -0.478 e. The third-order valence-corrected chi connectivity index (χ3v) is 7.42. The SMILES string of the molecule is CCCCCCCCCCCCCCCCCCOC(=O)/C=C/c1ccc(/C=C/C(=O)Nc2ccc(C(=O)O)cc2)cc1. The number of carbonyl (C=O) groups excluding carboxylic acids is 2. The number of aromatic carboxylic acids is 1. The van der Waals surface area contributed by atoms with Gasteiger partial charge in [-0.3, -0.25) is 4.79 Å². The van der Waals surface area contributed by atoms with Crippen molar-refractivity contribution in [3.8, 4) is 0 Å². The molecule has 1 amide bonds. The average Bonchev–Trinajstić information content (AvgIpc) is 3.01. The summed E-state index contributed by atoms with van der Waals surface area (Å²) in [6.45, 7) is 2.73. The fourth-order valence-corrected chi connectivity index (χ4v) is 4.81. The van der Waals surface area contributed by atoms with E-state index in [4.69, 9.17) is 9.84 Å². The van der Waals surface area contributed by atoms with Crippen molar-refractivity contribution in [1.82, 2.24) is 0 Å². The van der Waals surface area contributed by atoms with Crippen molar-refractivity contribution in [3.05, 3.63) is 77.4 Å². The molecule has 0 aliphatic heterocycles. The van der Waals surface area contributed by atoms with E-state index in [1.54, 1.807) is 24.3 Å². The number of benzene rings is 2. The van der Waals surface area contributed by atoms with Gasteiger partial charge in [0.25, 0.3) is 0 Å². The first kappa shape index (κ1) is 35.5. The maximum absolute atomic E-state index is 12.1. The predicted molar refractivity (Wildman–Crippen MR) is 177 cm³/mol. The van der Waals surface area contributed by atoms with Gasteiger partial charge in [-0.05, 0) is 54.0 Å². The highest BCUT2D eigenvalue weighted by molar-refractivity contribution is 6.02. The number of carboxylic acids is 1. The van der Waals surface area contributed by atoms with Crippen molar-refractivity contribution in [3.63, 3.8) is 0 Å². The summed E-state index contributed by atoms with van der Waals surface area (Å²) in [6, 6.07) is 13.4. The van der Waals surface area contributed by atoms with Crippen LogP contribution in [-0.2, 0) is 14.3 Å². The first-order valence-electron chi connectivity index (χ1n) is 16.2. The average molecular weight is 590 g/mol. The van der Waals surface area contributed by atoms with Gasteiger partial charge in [0.15, 0.2) is 0 Å². The minimum atomic E-state index is -1.02. The number of carbonyl (C=O) groups is 3. The van der Waals surface area contributed by atoms with E-state index in [0.717, 1.165) is 24.0 Å². The maximum atomic E-state index is 12.1. The summed E-state index contributed by atoms with van der Waals surface area (Å²) in [4.78, 5) is 35.1. The third-order valence-electron chi connectivity index (χ3n) is 7.42. The van der Waals surface area contributed by atoms with Crippen LogP contribution in [0.25, 0.3) is 12.2 Å². The fourth-order valence-electron chi connectivity index (χ4n) is 4.81. The molecule has 2 rings (SSSR count). The molecule has 2 N–H and O–H groups in total. The zero-order chi connectivity index (χ0) is 31.0. The smallest absolute Gasteiger partial charge is 0.335 e. The fraction of sp³-hybridized carbons (Fsp3) is 0.486. The Hall–Kier alpha value is -3.67. The van der Waals surface area contributed by atoms with E-state index in [1.165, 1.54) is 114 Å². The predicted octanol–water partition coefficient (Wildman–Crippen LogP) is 9.85. The lowest BCUT2D eigenvalue weighted by Crippen LogP contribution is -2.08. The molecule has 2 aromatic rings. The molecule has 0 atom stereocenters. The summed E-state index contributed by atoms with van der Waals surface area (Å²) in [5.41, 5.74) is 2.37. The molecule has 0 heterocycles. The Morgan fingerprint density at radius 3 is 1.53 bits per heavy atom. The van der Waals surface area contributed by atoms with Gasteiger partial charge in [-0.15, -0.1) is 0 Å². The number of ether oxygens (including phenoxy) is 1. The Kier molecular flexibility index (Phi) is 18.9. The molecule has 2 aromatic carbocycles. The normalized spacial score (nSPS) is 11.3. The highest BCUT2D eigenvalue weighted by Crippen LogP contribution is 2.14. The molecule has 0 radical (unpaired) electrons. The van der Waals surface area contributed by atoms with Crippen LogP contribution in [0.4, 0.5) is 5.69 Å². The lowest BCUT2D eigenvalue weighted by molar-refractivity contribution is -0.137. The third kappa shape index (κ3) is 17.8. The van der Waals surface area contributed by atoms with Gasteiger partial charge < -0.3 is 15.2 Å². The second-order valence-corrected chi connectivity index (χ2v) is 11.2. The summed E-state index contributed by atoms with van der Waals surface area (Å²) >= 11 is 0. The number of esters is 1. The number of nitrogens with one attached hydrogen (secondary N) is 1. The van der Waals surface area contributed by atoms with Crippen LogP contribution >= 0.6 is 0 Å². The molecule has 43 heavy (non-hydrogen) atoms. The molecule has 0 saturated heterocycles.